The first-order valence-corrected chi connectivity index (χ1v) is 6.19. The predicted molar refractivity (Wildman–Crippen MR) is 78.0 cm³/mol. The minimum absolute atomic E-state index is 0.129. The van der Waals surface area contributed by atoms with Crippen LogP contribution in [-0.4, -0.2) is 30.3 Å². The minimum Gasteiger partial charge on any atom is -0.478 e. The van der Waals surface area contributed by atoms with Gasteiger partial charge in [0.1, 0.15) is 6.29 Å². The maximum Gasteiger partial charge on any atom is 0.335 e. The maximum absolute atomic E-state index is 12.3. The van der Waals surface area contributed by atoms with Crippen molar-refractivity contribution in [3.05, 3.63) is 65.2 Å². The maximum atomic E-state index is 12.3. The summed E-state index contributed by atoms with van der Waals surface area (Å²) in [7, 11) is 1.61. The second-order valence-electron chi connectivity index (χ2n) is 4.46. The molecule has 0 atom stereocenters. The van der Waals surface area contributed by atoms with E-state index in [1.54, 1.807) is 31.3 Å². The van der Waals surface area contributed by atoms with Crippen LogP contribution in [0.4, 0.5) is 5.69 Å². The smallest absolute Gasteiger partial charge is 0.335 e. The molecular weight excluding hydrogens is 270 g/mol. The Morgan fingerprint density at radius 1 is 0.952 bits per heavy atom. The van der Waals surface area contributed by atoms with Gasteiger partial charge in [0.15, 0.2) is 0 Å². The molecule has 1 N–H and O–H groups in total. The Morgan fingerprint density at radius 2 is 1.48 bits per heavy atom. The summed E-state index contributed by atoms with van der Waals surface area (Å²) in [6.45, 7) is 0. The van der Waals surface area contributed by atoms with Gasteiger partial charge in [-0.05, 0) is 48.5 Å². The molecule has 0 unspecified atom stereocenters. The quantitative estimate of drug-likeness (QED) is 0.875. The molecule has 0 radical (unpaired) electrons. The first-order chi connectivity index (χ1) is 10.0. The van der Waals surface area contributed by atoms with Gasteiger partial charge in [-0.3, -0.25) is 9.59 Å². The number of carbonyl (C=O) groups is 3. The number of hydrogen-bond donors (Lipinski definition) is 1. The zero-order valence-electron chi connectivity index (χ0n) is 11.3. The molecule has 5 nitrogen and oxygen atoms in total. The van der Waals surface area contributed by atoms with Crippen molar-refractivity contribution in [2.45, 2.75) is 0 Å². The van der Waals surface area contributed by atoms with Gasteiger partial charge in [0.25, 0.3) is 5.91 Å². The molecule has 0 aromatic heterocycles. The number of rotatable bonds is 4. The summed E-state index contributed by atoms with van der Waals surface area (Å²) < 4.78 is 0. The van der Waals surface area contributed by atoms with Gasteiger partial charge >= 0.3 is 5.97 Å². The molecule has 2 rings (SSSR count). The second-order valence-corrected chi connectivity index (χ2v) is 4.46. The van der Waals surface area contributed by atoms with Gasteiger partial charge in [0.05, 0.1) is 5.56 Å². The molecular formula is C16H13NO4. The molecule has 0 aliphatic carbocycles. The predicted octanol–water partition coefficient (Wildman–Crippen LogP) is 2.47. The van der Waals surface area contributed by atoms with Crippen LogP contribution in [0.5, 0.6) is 0 Å². The average molecular weight is 283 g/mol. The molecule has 0 saturated carbocycles. The van der Waals surface area contributed by atoms with E-state index in [1.807, 2.05) is 0 Å². The van der Waals surface area contributed by atoms with Crippen molar-refractivity contribution in [3.63, 3.8) is 0 Å². The highest BCUT2D eigenvalue weighted by Crippen LogP contribution is 2.16. The Hall–Kier alpha value is -2.95. The number of anilines is 1. The molecule has 106 valence electrons. The molecule has 5 heteroatoms. The lowest BCUT2D eigenvalue weighted by Gasteiger charge is -2.17. The fraction of sp³-hybridized carbons (Fsp3) is 0.0625. The first-order valence-electron chi connectivity index (χ1n) is 6.19. The largest absolute Gasteiger partial charge is 0.478 e. The molecule has 0 bridgehead atoms. The standard InChI is InChI=1S/C16H13NO4/c1-17(14-8-2-11(10-18)3-9-14)15(19)12-4-6-13(7-5-12)16(20)21/h2-10H,1H3,(H,20,21). The van der Waals surface area contributed by atoms with E-state index in [2.05, 4.69) is 0 Å². The van der Waals surface area contributed by atoms with E-state index in [4.69, 9.17) is 5.11 Å². The molecule has 0 aliphatic rings. The van der Waals surface area contributed by atoms with Crippen LogP contribution in [0.25, 0.3) is 0 Å². The van der Waals surface area contributed by atoms with Crippen molar-refractivity contribution in [1.82, 2.24) is 0 Å². The van der Waals surface area contributed by atoms with Gasteiger partial charge < -0.3 is 10.0 Å². The zero-order valence-corrected chi connectivity index (χ0v) is 11.3. The lowest BCUT2D eigenvalue weighted by atomic mass is 10.1. The van der Waals surface area contributed by atoms with Gasteiger partial charge in [-0.25, -0.2) is 4.79 Å². The fourth-order valence-electron chi connectivity index (χ4n) is 1.84. The SMILES string of the molecule is CN(C(=O)c1ccc(C(=O)O)cc1)c1ccc(C=O)cc1. The summed E-state index contributed by atoms with van der Waals surface area (Å²) >= 11 is 0. The summed E-state index contributed by atoms with van der Waals surface area (Å²) in [5.41, 5.74) is 1.70. The number of nitrogens with zero attached hydrogens (tertiary/aromatic N) is 1. The summed E-state index contributed by atoms with van der Waals surface area (Å²) in [5.74, 6) is -1.29. The summed E-state index contributed by atoms with van der Waals surface area (Å²) in [5, 5.41) is 8.83. The molecule has 2 aromatic carbocycles. The third-order valence-electron chi connectivity index (χ3n) is 3.10. The number of carboxylic acid groups (broad SMARTS) is 1. The molecule has 21 heavy (non-hydrogen) atoms. The molecule has 1 amide bonds. The number of carbonyl (C=O) groups excluding carboxylic acids is 2. The lowest BCUT2D eigenvalue weighted by molar-refractivity contribution is 0.0696. The second kappa shape index (κ2) is 6.00. The number of amides is 1. The topological polar surface area (TPSA) is 74.7 Å². The van der Waals surface area contributed by atoms with Crippen LogP contribution in [0.1, 0.15) is 31.1 Å². The van der Waals surface area contributed by atoms with E-state index in [0.29, 0.717) is 16.8 Å². The van der Waals surface area contributed by atoms with Gasteiger partial charge in [-0.15, -0.1) is 0 Å². The van der Waals surface area contributed by atoms with Crippen molar-refractivity contribution in [1.29, 1.82) is 0 Å². The molecule has 0 spiro atoms. The highest BCUT2D eigenvalue weighted by atomic mass is 16.4. The van der Waals surface area contributed by atoms with Crippen molar-refractivity contribution in [2.24, 2.45) is 0 Å². The highest BCUT2D eigenvalue weighted by Gasteiger charge is 2.14. The fourth-order valence-corrected chi connectivity index (χ4v) is 1.84. The molecule has 0 saturated heterocycles. The summed E-state index contributed by atoms with van der Waals surface area (Å²) in [6.07, 6.45) is 0.732. The van der Waals surface area contributed by atoms with E-state index in [-0.39, 0.29) is 11.5 Å². The van der Waals surface area contributed by atoms with Gasteiger partial charge in [0, 0.05) is 23.9 Å². The Labute approximate surface area is 121 Å². The van der Waals surface area contributed by atoms with Crippen LogP contribution < -0.4 is 4.90 Å². The average Bonchev–Trinajstić information content (AvgIpc) is 2.53. The summed E-state index contributed by atoms with van der Waals surface area (Å²) in [4.78, 5) is 35.1. The Morgan fingerprint density at radius 3 is 1.95 bits per heavy atom. The number of aromatic carboxylic acids is 1. The van der Waals surface area contributed by atoms with Crippen molar-refractivity contribution >= 4 is 23.9 Å². The lowest BCUT2D eigenvalue weighted by Crippen LogP contribution is -2.26. The van der Waals surface area contributed by atoms with Crippen LogP contribution >= 0.6 is 0 Å². The van der Waals surface area contributed by atoms with Crippen molar-refractivity contribution < 1.29 is 19.5 Å². The van der Waals surface area contributed by atoms with Crippen molar-refractivity contribution in [3.8, 4) is 0 Å². The highest BCUT2D eigenvalue weighted by molar-refractivity contribution is 6.06. The molecule has 2 aromatic rings. The molecule has 0 fully saturated rings. The summed E-state index contributed by atoms with van der Waals surface area (Å²) in [6, 6.07) is 12.3. The monoisotopic (exact) mass is 283 g/mol. The van der Waals surface area contributed by atoms with Crippen LogP contribution in [0.3, 0.4) is 0 Å². The van der Waals surface area contributed by atoms with Gasteiger partial charge in [-0.2, -0.15) is 0 Å². The zero-order chi connectivity index (χ0) is 15.4. The van der Waals surface area contributed by atoms with E-state index < -0.39 is 5.97 Å². The van der Waals surface area contributed by atoms with Crippen LogP contribution in [-0.2, 0) is 0 Å². The third-order valence-corrected chi connectivity index (χ3v) is 3.10. The van der Waals surface area contributed by atoms with E-state index in [0.717, 1.165) is 6.29 Å². The first kappa shape index (κ1) is 14.5. The van der Waals surface area contributed by atoms with E-state index in [1.165, 1.54) is 29.2 Å². The van der Waals surface area contributed by atoms with E-state index >= 15 is 0 Å². The third kappa shape index (κ3) is 3.14. The van der Waals surface area contributed by atoms with Crippen LogP contribution in [0.15, 0.2) is 48.5 Å². The van der Waals surface area contributed by atoms with Crippen LogP contribution in [0.2, 0.25) is 0 Å². The van der Waals surface area contributed by atoms with Crippen LogP contribution in [0, 0.1) is 0 Å². The molecule has 0 aliphatic heterocycles. The minimum atomic E-state index is -1.04. The van der Waals surface area contributed by atoms with Crippen molar-refractivity contribution in [2.75, 3.05) is 11.9 Å². The Bertz CT molecular complexity index is 674. The number of hydrogen-bond acceptors (Lipinski definition) is 3. The Kier molecular flexibility index (Phi) is 4.13. The van der Waals surface area contributed by atoms with Gasteiger partial charge in [-0.1, -0.05) is 0 Å². The number of benzene rings is 2. The Balaban J connectivity index is 2.21. The van der Waals surface area contributed by atoms with Gasteiger partial charge in [0.2, 0.25) is 0 Å². The van der Waals surface area contributed by atoms with E-state index in [9.17, 15) is 14.4 Å². The number of aldehydes is 1. The normalized spacial score (nSPS) is 9.95. The molecule has 0 heterocycles. The number of carboxylic acids is 1.